The van der Waals surface area contributed by atoms with Crippen LogP contribution in [-0.2, 0) is 0 Å². The summed E-state index contributed by atoms with van der Waals surface area (Å²) in [6.45, 7) is 1.75. The van der Waals surface area contributed by atoms with Crippen LogP contribution in [0.3, 0.4) is 0 Å². The number of hydrogen-bond donors (Lipinski definition) is 0. The lowest BCUT2D eigenvalue weighted by atomic mass is 10.5. The van der Waals surface area contributed by atoms with E-state index in [-0.39, 0.29) is 0 Å². The van der Waals surface area contributed by atoms with Gasteiger partial charge in [0.15, 0.2) is 0 Å². The van der Waals surface area contributed by atoms with Crippen molar-refractivity contribution >= 4 is 36.0 Å². The smallest absolute Gasteiger partial charge is 0.0714 e. The van der Waals surface area contributed by atoms with Crippen LogP contribution in [0.2, 0.25) is 0 Å². The van der Waals surface area contributed by atoms with E-state index in [4.69, 9.17) is 0 Å². The van der Waals surface area contributed by atoms with Crippen LogP contribution in [0.25, 0.3) is 0 Å². The van der Waals surface area contributed by atoms with Gasteiger partial charge in [0, 0.05) is 32.0 Å². The first-order chi connectivity index (χ1) is 5.93. The van der Waals surface area contributed by atoms with Crippen molar-refractivity contribution in [2.24, 2.45) is 9.98 Å². The van der Waals surface area contributed by atoms with Crippen molar-refractivity contribution in [2.75, 3.05) is 13.1 Å². The Balaban J connectivity index is 1.96. The molecule has 0 N–H and O–H groups in total. The van der Waals surface area contributed by atoms with E-state index < -0.39 is 0 Å². The van der Waals surface area contributed by atoms with Crippen molar-refractivity contribution in [1.82, 2.24) is 0 Å². The Morgan fingerprint density at radius 3 is 1.92 bits per heavy atom. The van der Waals surface area contributed by atoms with Crippen LogP contribution in [0, 0.1) is 0 Å². The summed E-state index contributed by atoms with van der Waals surface area (Å²) in [4.78, 5) is 14.0. The van der Waals surface area contributed by atoms with Crippen molar-refractivity contribution in [3.8, 4) is 0 Å². The van der Waals surface area contributed by atoms with Crippen LogP contribution in [0.5, 0.6) is 0 Å². The van der Waals surface area contributed by atoms with Crippen molar-refractivity contribution in [3.63, 3.8) is 0 Å². The summed E-state index contributed by atoms with van der Waals surface area (Å²) in [6.07, 6.45) is 3.96. The van der Waals surface area contributed by atoms with Crippen LogP contribution >= 0.6 is 23.5 Å². The third-order valence-electron chi connectivity index (χ3n) is 1.90. The zero-order chi connectivity index (χ0) is 7.97. The third-order valence-corrected chi connectivity index (χ3v) is 4.50. The molecular weight excluding hydrogens is 188 g/mol. The van der Waals surface area contributed by atoms with Crippen molar-refractivity contribution < 1.29 is 0 Å². The quantitative estimate of drug-likeness (QED) is 0.589. The van der Waals surface area contributed by atoms with Gasteiger partial charge in [-0.25, -0.2) is 0 Å². The summed E-state index contributed by atoms with van der Waals surface area (Å²) in [6, 6.07) is 0. The molecule has 0 aromatic rings. The zero-order valence-electron chi connectivity index (χ0n) is 6.28. The standard InChI is InChI=1S/C8H6N2S2/c1-5-6(2-9-1)12-8-4-10-3-7(8)11-5/h1,4H,2-3H2. The fourth-order valence-corrected chi connectivity index (χ4v) is 3.55. The molecule has 0 saturated carbocycles. The largest absolute Gasteiger partial charge is 0.287 e. The fourth-order valence-electron chi connectivity index (χ4n) is 1.32. The first kappa shape index (κ1) is 6.97. The van der Waals surface area contributed by atoms with E-state index in [9.17, 15) is 0 Å². The number of aliphatic imine (C=N–C) groups is 2. The van der Waals surface area contributed by atoms with Gasteiger partial charge in [-0.1, -0.05) is 23.5 Å². The molecule has 0 bridgehead atoms. The molecule has 0 saturated heterocycles. The number of thioether (sulfide) groups is 2. The summed E-state index contributed by atoms with van der Waals surface area (Å²) in [5.74, 6) is 0. The molecular formula is C8H6N2S2. The molecule has 2 nitrogen and oxygen atoms in total. The second-order valence-corrected chi connectivity index (χ2v) is 4.99. The highest BCUT2D eigenvalue weighted by Crippen LogP contribution is 2.46. The second-order valence-electron chi connectivity index (χ2n) is 2.72. The highest BCUT2D eigenvalue weighted by atomic mass is 32.2. The van der Waals surface area contributed by atoms with Crippen molar-refractivity contribution in [2.45, 2.75) is 0 Å². The van der Waals surface area contributed by atoms with Crippen molar-refractivity contribution in [3.05, 3.63) is 19.6 Å². The summed E-state index contributed by atoms with van der Waals surface area (Å²) >= 11 is 3.67. The predicted octanol–water partition coefficient (Wildman–Crippen LogP) is 2.06. The van der Waals surface area contributed by atoms with Gasteiger partial charge in [0.1, 0.15) is 0 Å². The van der Waals surface area contributed by atoms with Gasteiger partial charge < -0.3 is 0 Å². The number of nitrogens with zero attached hydrogens (tertiary/aromatic N) is 2. The van der Waals surface area contributed by atoms with Gasteiger partial charge in [-0.3, -0.25) is 9.98 Å². The Hall–Kier alpha value is -0.480. The minimum atomic E-state index is 0.873. The molecule has 0 fully saturated rings. The first-order valence-electron chi connectivity index (χ1n) is 3.75. The molecule has 0 atom stereocenters. The first-order valence-corrected chi connectivity index (χ1v) is 5.38. The van der Waals surface area contributed by atoms with Crippen LogP contribution in [0.15, 0.2) is 29.6 Å². The molecule has 0 radical (unpaired) electrons. The van der Waals surface area contributed by atoms with Gasteiger partial charge in [0.05, 0.1) is 13.1 Å². The van der Waals surface area contributed by atoms with Gasteiger partial charge in [-0.2, -0.15) is 0 Å². The molecule has 4 heteroatoms. The van der Waals surface area contributed by atoms with E-state index in [1.165, 1.54) is 19.6 Å². The molecule has 3 aliphatic heterocycles. The van der Waals surface area contributed by atoms with Crippen LogP contribution < -0.4 is 0 Å². The van der Waals surface area contributed by atoms with E-state index in [2.05, 4.69) is 9.98 Å². The lowest BCUT2D eigenvalue weighted by Crippen LogP contribution is -1.93. The molecule has 12 heavy (non-hydrogen) atoms. The van der Waals surface area contributed by atoms with E-state index >= 15 is 0 Å². The highest BCUT2D eigenvalue weighted by Gasteiger charge is 2.24. The molecule has 3 heterocycles. The van der Waals surface area contributed by atoms with Gasteiger partial charge >= 0.3 is 0 Å². The van der Waals surface area contributed by atoms with E-state index in [0.29, 0.717) is 0 Å². The number of hydrogen-bond acceptors (Lipinski definition) is 4. The summed E-state index contributed by atoms with van der Waals surface area (Å²) in [5.41, 5.74) is 0. The van der Waals surface area contributed by atoms with Crippen LogP contribution in [0.4, 0.5) is 0 Å². The highest BCUT2D eigenvalue weighted by molar-refractivity contribution is 8.14. The normalized spacial score (nSPS) is 25.3. The minimum Gasteiger partial charge on any atom is -0.287 e. The molecule has 0 aliphatic carbocycles. The Kier molecular flexibility index (Phi) is 1.45. The Bertz CT molecular complexity index is 327. The van der Waals surface area contributed by atoms with Crippen LogP contribution in [-0.4, -0.2) is 25.5 Å². The topological polar surface area (TPSA) is 24.7 Å². The average molecular weight is 194 g/mol. The maximum atomic E-state index is 4.24. The summed E-state index contributed by atoms with van der Waals surface area (Å²) in [7, 11) is 0. The van der Waals surface area contributed by atoms with E-state index in [1.807, 2.05) is 36.0 Å². The van der Waals surface area contributed by atoms with Crippen LogP contribution in [0.1, 0.15) is 0 Å². The van der Waals surface area contributed by atoms with Gasteiger partial charge in [-0.05, 0) is 0 Å². The molecule has 60 valence electrons. The molecule has 3 rings (SSSR count). The molecule has 0 aromatic carbocycles. The number of rotatable bonds is 0. The lowest BCUT2D eigenvalue weighted by molar-refractivity contribution is 1.27. The van der Waals surface area contributed by atoms with Gasteiger partial charge in [0.2, 0.25) is 0 Å². The Labute approximate surface area is 78.9 Å². The molecule has 0 spiro atoms. The minimum absolute atomic E-state index is 0.873. The summed E-state index contributed by atoms with van der Waals surface area (Å²) < 4.78 is 0. The molecule has 0 aromatic heterocycles. The maximum Gasteiger partial charge on any atom is 0.0714 e. The van der Waals surface area contributed by atoms with Gasteiger partial charge in [0.25, 0.3) is 0 Å². The Morgan fingerprint density at radius 2 is 1.42 bits per heavy atom. The predicted molar refractivity (Wildman–Crippen MR) is 56.0 cm³/mol. The van der Waals surface area contributed by atoms with E-state index in [0.717, 1.165) is 13.1 Å². The second kappa shape index (κ2) is 2.50. The monoisotopic (exact) mass is 194 g/mol. The Morgan fingerprint density at radius 1 is 0.917 bits per heavy atom. The average Bonchev–Trinajstić information content (AvgIpc) is 2.64. The number of allylic oxidation sites excluding steroid dienone is 2. The van der Waals surface area contributed by atoms with E-state index in [1.54, 1.807) is 0 Å². The summed E-state index contributed by atoms with van der Waals surface area (Å²) in [5, 5.41) is 0. The molecule has 0 unspecified atom stereocenters. The van der Waals surface area contributed by atoms with Crippen molar-refractivity contribution in [1.29, 1.82) is 0 Å². The molecule has 3 aliphatic rings. The third kappa shape index (κ3) is 0.912. The zero-order valence-corrected chi connectivity index (χ0v) is 7.91. The van der Waals surface area contributed by atoms with Gasteiger partial charge in [-0.15, -0.1) is 0 Å². The maximum absolute atomic E-state index is 4.24. The molecule has 0 amide bonds. The SMILES string of the molecule is C1=NCC2=C1SC1=C(C=NC1)S2. The lowest BCUT2D eigenvalue weighted by Gasteiger charge is -2.12. The fraction of sp³-hybridized carbons (Fsp3) is 0.250.